The van der Waals surface area contributed by atoms with Crippen LogP contribution in [-0.2, 0) is 14.3 Å². The van der Waals surface area contributed by atoms with Gasteiger partial charge in [-0.15, -0.1) is 0 Å². The fourth-order valence-corrected chi connectivity index (χ4v) is 2.88. The Kier molecular flexibility index (Phi) is 7.17. The second-order valence-electron chi connectivity index (χ2n) is 5.56. The Hall–Kier alpha value is -1.47. The van der Waals surface area contributed by atoms with Gasteiger partial charge in [0.1, 0.15) is 0 Å². The third-order valence-electron chi connectivity index (χ3n) is 3.73. The van der Waals surface area contributed by atoms with Gasteiger partial charge >= 0.3 is 5.97 Å². The van der Waals surface area contributed by atoms with Gasteiger partial charge in [-0.1, -0.05) is 60.3 Å². The van der Waals surface area contributed by atoms with Crippen LogP contribution in [0.15, 0.2) is 30.3 Å². The number of unbranched alkanes of at least 4 members (excludes halogenated alkanes) is 3. The lowest BCUT2D eigenvalue weighted by Gasteiger charge is -2.37. The van der Waals surface area contributed by atoms with E-state index in [4.69, 9.17) is 9.47 Å². The summed E-state index contributed by atoms with van der Waals surface area (Å²) < 4.78 is 24.5. The van der Waals surface area contributed by atoms with Gasteiger partial charge < -0.3 is 14.4 Å². The number of rotatable bonds is 7. The van der Waals surface area contributed by atoms with Gasteiger partial charge in [0.2, 0.25) is 6.30 Å². The molecule has 1 aromatic rings. The molecule has 7 heteroatoms. The molecule has 1 aliphatic rings. The first-order valence-corrected chi connectivity index (χ1v) is 8.96. The number of carbonyl (C=O) groups excluding carboxylic acids is 2. The summed E-state index contributed by atoms with van der Waals surface area (Å²) >= 11 is 3.05. The monoisotopic (exact) mass is 401 g/mol. The van der Waals surface area contributed by atoms with Gasteiger partial charge in [0, 0.05) is 6.54 Å². The molecule has 1 aliphatic heterocycles. The summed E-state index contributed by atoms with van der Waals surface area (Å²) in [5, 5.41) is -1.03. The Balaban J connectivity index is 1.99. The van der Waals surface area contributed by atoms with Crippen molar-refractivity contribution in [2.24, 2.45) is 0 Å². The van der Waals surface area contributed by atoms with E-state index in [9.17, 15) is 14.0 Å². The molecule has 0 N–H and O–H groups in total. The number of morpholine rings is 1. The number of carbonyl (C=O) groups is 2. The molecule has 0 aromatic heterocycles. The zero-order valence-corrected chi connectivity index (χ0v) is 15.1. The van der Waals surface area contributed by atoms with Crippen molar-refractivity contribution in [1.82, 2.24) is 4.90 Å². The highest BCUT2D eigenvalue weighted by Gasteiger charge is 2.43. The number of benzene rings is 1. The topological polar surface area (TPSA) is 55.8 Å². The number of alkyl halides is 2. The smallest absolute Gasteiger partial charge is 0.340 e. The van der Waals surface area contributed by atoms with E-state index >= 15 is 0 Å². The van der Waals surface area contributed by atoms with Crippen LogP contribution in [-0.4, -0.2) is 40.9 Å². The minimum absolute atomic E-state index is 0.269. The first-order chi connectivity index (χ1) is 11.5. The Morgan fingerprint density at radius 1 is 1.29 bits per heavy atom. The van der Waals surface area contributed by atoms with E-state index < -0.39 is 29.5 Å². The van der Waals surface area contributed by atoms with Gasteiger partial charge in [0.05, 0.1) is 5.56 Å². The highest BCUT2D eigenvalue weighted by molar-refractivity contribution is 9.09. The first kappa shape index (κ1) is 18.9. The number of amides is 1. The molecule has 0 radical (unpaired) electrons. The zero-order chi connectivity index (χ0) is 17.5. The van der Waals surface area contributed by atoms with Crippen molar-refractivity contribution in [1.29, 1.82) is 0 Å². The van der Waals surface area contributed by atoms with E-state index in [0.717, 1.165) is 24.2 Å². The molecule has 1 amide bonds. The van der Waals surface area contributed by atoms with E-state index in [2.05, 4.69) is 22.9 Å². The maximum Gasteiger partial charge on any atom is 0.340 e. The van der Waals surface area contributed by atoms with E-state index in [1.807, 2.05) is 0 Å². The minimum atomic E-state index is -1.61. The molecule has 3 atom stereocenters. The molecule has 3 unspecified atom stereocenters. The minimum Gasteiger partial charge on any atom is -0.422 e. The summed E-state index contributed by atoms with van der Waals surface area (Å²) in [6.45, 7) is 2.34. The molecule has 132 valence electrons. The van der Waals surface area contributed by atoms with Crippen molar-refractivity contribution in [3.05, 3.63) is 35.9 Å². The van der Waals surface area contributed by atoms with Crippen LogP contribution in [0.4, 0.5) is 4.39 Å². The highest BCUT2D eigenvalue weighted by atomic mass is 79.9. The van der Waals surface area contributed by atoms with Crippen molar-refractivity contribution < 1.29 is 23.5 Å². The SMILES string of the molecule is CCCCCCN1C(=O)C(OC(=O)c2ccccc2)OC(Br)C1F. The lowest BCUT2D eigenvalue weighted by atomic mass is 10.2. The van der Waals surface area contributed by atoms with Gasteiger partial charge in [0.25, 0.3) is 12.2 Å². The molecular weight excluding hydrogens is 381 g/mol. The molecule has 1 aromatic carbocycles. The molecule has 24 heavy (non-hydrogen) atoms. The van der Waals surface area contributed by atoms with E-state index in [-0.39, 0.29) is 6.54 Å². The van der Waals surface area contributed by atoms with Gasteiger partial charge in [-0.3, -0.25) is 4.79 Å². The van der Waals surface area contributed by atoms with Crippen LogP contribution in [0.3, 0.4) is 0 Å². The molecule has 1 fully saturated rings. The second kappa shape index (κ2) is 9.13. The largest absolute Gasteiger partial charge is 0.422 e. The molecule has 0 spiro atoms. The Bertz CT molecular complexity index is 557. The third-order valence-corrected chi connectivity index (χ3v) is 4.38. The summed E-state index contributed by atoms with van der Waals surface area (Å²) in [7, 11) is 0. The normalized spacial score (nSPS) is 24.0. The Morgan fingerprint density at radius 2 is 2.00 bits per heavy atom. The van der Waals surface area contributed by atoms with E-state index in [0.29, 0.717) is 12.0 Å². The van der Waals surface area contributed by atoms with Crippen LogP contribution in [0, 0.1) is 0 Å². The maximum absolute atomic E-state index is 14.2. The molecular formula is C17H21BrFNO4. The highest BCUT2D eigenvalue weighted by Crippen LogP contribution is 2.26. The van der Waals surface area contributed by atoms with Crippen molar-refractivity contribution in [2.45, 2.75) is 50.2 Å². The average Bonchev–Trinajstić information content (AvgIpc) is 2.59. The van der Waals surface area contributed by atoms with Gasteiger partial charge in [0.15, 0.2) is 5.01 Å². The number of ether oxygens (including phenoxy) is 2. The Morgan fingerprint density at radius 3 is 2.67 bits per heavy atom. The molecule has 1 heterocycles. The summed E-state index contributed by atoms with van der Waals surface area (Å²) in [6, 6.07) is 8.28. The maximum atomic E-state index is 14.2. The number of hydrogen-bond acceptors (Lipinski definition) is 4. The van der Waals surface area contributed by atoms with E-state index in [1.165, 1.54) is 0 Å². The predicted octanol–water partition coefficient (Wildman–Crippen LogP) is 3.63. The number of halogens is 2. The number of hydrogen-bond donors (Lipinski definition) is 0. The fourth-order valence-electron chi connectivity index (χ4n) is 2.40. The van der Waals surface area contributed by atoms with Crippen molar-refractivity contribution in [3.8, 4) is 0 Å². The van der Waals surface area contributed by atoms with Gasteiger partial charge in [-0.25, -0.2) is 9.18 Å². The van der Waals surface area contributed by atoms with Crippen LogP contribution in [0.1, 0.15) is 43.0 Å². The summed E-state index contributed by atoms with van der Waals surface area (Å²) in [4.78, 5) is 25.5. The second-order valence-corrected chi connectivity index (χ2v) is 6.46. The van der Waals surface area contributed by atoms with Crippen LogP contribution >= 0.6 is 15.9 Å². The molecule has 5 nitrogen and oxygen atoms in total. The molecule has 0 aliphatic carbocycles. The lowest BCUT2D eigenvalue weighted by molar-refractivity contribution is -0.209. The predicted molar refractivity (Wildman–Crippen MR) is 90.2 cm³/mol. The van der Waals surface area contributed by atoms with Crippen LogP contribution < -0.4 is 0 Å². The molecule has 1 saturated heterocycles. The number of esters is 1. The molecule has 0 bridgehead atoms. The van der Waals surface area contributed by atoms with Crippen molar-refractivity contribution in [3.63, 3.8) is 0 Å². The van der Waals surface area contributed by atoms with Gasteiger partial charge in [-0.05, 0) is 18.6 Å². The van der Waals surface area contributed by atoms with Crippen LogP contribution in [0.5, 0.6) is 0 Å². The van der Waals surface area contributed by atoms with Gasteiger partial charge in [-0.2, -0.15) is 0 Å². The quantitative estimate of drug-likeness (QED) is 0.303. The lowest BCUT2D eigenvalue weighted by Crippen LogP contribution is -2.56. The van der Waals surface area contributed by atoms with E-state index in [1.54, 1.807) is 30.3 Å². The summed E-state index contributed by atoms with van der Waals surface area (Å²) in [5.74, 6) is -1.35. The molecule has 2 rings (SSSR count). The van der Waals surface area contributed by atoms with Crippen molar-refractivity contribution >= 4 is 27.8 Å². The fraction of sp³-hybridized carbons (Fsp3) is 0.529. The zero-order valence-electron chi connectivity index (χ0n) is 13.5. The average molecular weight is 402 g/mol. The van der Waals surface area contributed by atoms with Crippen molar-refractivity contribution in [2.75, 3.05) is 6.54 Å². The summed E-state index contributed by atoms with van der Waals surface area (Å²) in [5.41, 5.74) is 0.303. The molecule has 0 saturated carbocycles. The Labute approximate surface area is 149 Å². The standard InChI is InChI=1S/C17H21BrFNO4/c1-2-3-4-8-11-20-14(19)13(18)23-17(15(20)21)24-16(22)12-9-6-5-7-10-12/h5-7,9-10,13-14,17H,2-4,8,11H2,1H3. The first-order valence-electron chi connectivity index (χ1n) is 8.04. The summed E-state index contributed by atoms with van der Waals surface area (Å²) in [6.07, 6.45) is 0.633. The van der Waals surface area contributed by atoms with Crippen LogP contribution in [0.2, 0.25) is 0 Å². The third kappa shape index (κ3) is 4.77. The van der Waals surface area contributed by atoms with Crippen LogP contribution in [0.25, 0.3) is 0 Å². The number of nitrogens with zero attached hydrogens (tertiary/aromatic N) is 1.